The van der Waals surface area contributed by atoms with Crippen molar-refractivity contribution < 1.29 is 0 Å². The normalized spacial score (nSPS) is 13.4. The predicted octanol–water partition coefficient (Wildman–Crippen LogP) is 1.47. The Bertz CT molecular complexity index is 280. The zero-order chi connectivity index (χ0) is 11.3. The summed E-state index contributed by atoms with van der Waals surface area (Å²) in [5.41, 5.74) is 0. The molecule has 0 spiro atoms. The van der Waals surface area contributed by atoms with Gasteiger partial charge in [-0.3, -0.25) is 4.68 Å². The molecule has 15 heavy (non-hydrogen) atoms. The summed E-state index contributed by atoms with van der Waals surface area (Å²) < 4.78 is 1.96. The fourth-order valence-electron chi connectivity index (χ4n) is 1.71. The summed E-state index contributed by atoms with van der Waals surface area (Å²) in [6, 6.07) is 0.490. The van der Waals surface area contributed by atoms with Gasteiger partial charge >= 0.3 is 0 Å². The van der Waals surface area contributed by atoms with Crippen molar-refractivity contribution in [2.45, 2.75) is 46.7 Å². The van der Waals surface area contributed by atoms with Gasteiger partial charge in [-0.1, -0.05) is 20.8 Å². The van der Waals surface area contributed by atoms with Gasteiger partial charge in [0, 0.05) is 19.0 Å². The number of nitrogens with zero attached hydrogens (tertiary/aromatic N) is 3. The highest BCUT2D eigenvalue weighted by molar-refractivity contribution is 4.90. The van der Waals surface area contributed by atoms with Crippen LogP contribution in [0.15, 0.2) is 6.33 Å². The molecule has 0 aliphatic rings. The number of nitrogens with one attached hydrogen (secondary N) is 1. The third-order valence-electron chi connectivity index (χ3n) is 2.67. The Hall–Kier alpha value is -0.900. The average Bonchev–Trinajstić information content (AvgIpc) is 2.64. The highest BCUT2D eigenvalue weighted by Crippen LogP contribution is 2.08. The van der Waals surface area contributed by atoms with Crippen LogP contribution in [0.4, 0.5) is 0 Å². The van der Waals surface area contributed by atoms with E-state index in [1.165, 1.54) is 0 Å². The molecule has 1 rings (SSSR count). The lowest BCUT2D eigenvalue weighted by molar-refractivity contribution is 0.391. The van der Waals surface area contributed by atoms with Gasteiger partial charge < -0.3 is 5.32 Å². The minimum absolute atomic E-state index is 0.490. The van der Waals surface area contributed by atoms with E-state index in [9.17, 15) is 0 Å². The van der Waals surface area contributed by atoms with Crippen LogP contribution in [0.3, 0.4) is 0 Å². The zero-order valence-electron chi connectivity index (χ0n) is 10.2. The van der Waals surface area contributed by atoms with Gasteiger partial charge in [-0.2, -0.15) is 5.10 Å². The number of likely N-dealkylation sites (N-methyl/N-ethyl adjacent to an activating group) is 1. The summed E-state index contributed by atoms with van der Waals surface area (Å²) in [6.45, 7) is 10.6. The highest BCUT2D eigenvalue weighted by Gasteiger charge is 2.15. The minimum atomic E-state index is 0.490. The van der Waals surface area contributed by atoms with E-state index in [0.29, 0.717) is 12.0 Å². The zero-order valence-corrected chi connectivity index (χ0v) is 10.2. The highest BCUT2D eigenvalue weighted by atomic mass is 15.3. The van der Waals surface area contributed by atoms with Gasteiger partial charge in [0.05, 0.1) is 0 Å². The standard InChI is InChI=1S/C11H22N4/c1-5-12-10(9(3)4)7-11-13-8-14-15(11)6-2/h8-10,12H,5-7H2,1-4H3. The molecule has 0 fully saturated rings. The van der Waals surface area contributed by atoms with Crippen LogP contribution in [0, 0.1) is 5.92 Å². The summed E-state index contributed by atoms with van der Waals surface area (Å²) in [6.07, 6.45) is 2.60. The van der Waals surface area contributed by atoms with E-state index >= 15 is 0 Å². The second-order valence-electron chi connectivity index (χ2n) is 4.10. The van der Waals surface area contributed by atoms with Crippen LogP contribution in [-0.2, 0) is 13.0 Å². The molecule has 4 nitrogen and oxygen atoms in total. The third kappa shape index (κ3) is 3.30. The second kappa shape index (κ2) is 5.85. The Morgan fingerprint density at radius 2 is 2.13 bits per heavy atom. The van der Waals surface area contributed by atoms with E-state index in [4.69, 9.17) is 0 Å². The largest absolute Gasteiger partial charge is 0.314 e. The molecule has 0 radical (unpaired) electrons. The number of rotatable bonds is 6. The molecule has 86 valence electrons. The maximum Gasteiger partial charge on any atom is 0.138 e. The lowest BCUT2D eigenvalue weighted by Crippen LogP contribution is -2.36. The van der Waals surface area contributed by atoms with E-state index in [-0.39, 0.29) is 0 Å². The quantitative estimate of drug-likeness (QED) is 0.773. The number of aryl methyl sites for hydroxylation is 1. The van der Waals surface area contributed by atoms with Crippen molar-refractivity contribution in [3.8, 4) is 0 Å². The minimum Gasteiger partial charge on any atom is -0.314 e. The molecule has 1 atom stereocenters. The van der Waals surface area contributed by atoms with Crippen molar-refractivity contribution in [2.75, 3.05) is 6.54 Å². The molecule has 0 amide bonds. The molecule has 0 saturated heterocycles. The van der Waals surface area contributed by atoms with E-state index in [1.54, 1.807) is 6.33 Å². The lowest BCUT2D eigenvalue weighted by Gasteiger charge is -2.21. The number of aromatic nitrogens is 3. The van der Waals surface area contributed by atoms with Crippen molar-refractivity contribution in [3.05, 3.63) is 12.2 Å². The molecular weight excluding hydrogens is 188 g/mol. The van der Waals surface area contributed by atoms with Gasteiger partial charge in [-0.25, -0.2) is 4.98 Å². The van der Waals surface area contributed by atoms with Crippen LogP contribution in [0.2, 0.25) is 0 Å². The van der Waals surface area contributed by atoms with Crippen LogP contribution in [-0.4, -0.2) is 27.4 Å². The van der Waals surface area contributed by atoms with Crippen molar-refractivity contribution in [2.24, 2.45) is 5.92 Å². The first kappa shape index (κ1) is 12.2. The molecule has 0 saturated carbocycles. The molecule has 0 aliphatic heterocycles. The summed E-state index contributed by atoms with van der Waals surface area (Å²) in [5, 5.41) is 7.68. The molecule has 4 heteroatoms. The molecule has 0 aromatic carbocycles. The maximum absolute atomic E-state index is 4.30. The SMILES string of the molecule is CCNC(Cc1ncnn1CC)C(C)C. The Morgan fingerprint density at radius 3 is 2.67 bits per heavy atom. The fraction of sp³-hybridized carbons (Fsp3) is 0.818. The van der Waals surface area contributed by atoms with Crippen molar-refractivity contribution >= 4 is 0 Å². The van der Waals surface area contributed by atoms with E-state index < -0.39 is 0 Å². The van der Waals surface area contributed by atoms with Crippen LogP contribution >= 0.6 is 0 Å². The number of hydrogen-bond donors (Lipinski definition) is 1. The molecule has 1 aromatic heterocycles. The first-order valence-corrected chi connectivity index (χ1v) is 5.79. The molecule has 1 heterocycles. The monoisotopic (exact) mass is 210 g/mol. The molecular formula is C11H22N4. The van der Waals surface area contributed by atoms with E-state index in [2.05, 4.69) is 43.1 Å². The van der Waals surface area contributed by atoms with Gasteiger partial charge in [0.2, 0.25) is 0 Å². The molecule has 1 aromatic rings. The van der Waals surface area contributed by atoms with Crippen LogP contribution in [0.1, 0.15) is 33.5 Å². The molecule has 1 unspecified atom stereocenters. The van der Waals surface area contributed by atoms with Crippen LogP contribution in [0.25, 0.3) is 0 Å². The van der Waals surface area contributed by atoms with E-state index in [0.717, 1.165) is 25.3 Å². The Morgan fingerprint density at radius 1 is 1.40 bits per heavy atom. The predicted molar refractivity (Wildman–Crippen MR) is 61.7 cm³/mol. The maximum atomic E-state index is 4.30. The van der Waals surface area contributed by atoms with Gasteiger partial charge in [0.1, 0.15) is 12.2 Å². The van der Waals surface area contributed by atoms with Crippen LogP contribution < -0.4 is 5.32 Å². The Labute approximate surface area is 92.1 Å². The summed E-state index contributed by atoms with van der Waals surface area (Å²) in [5.74, 6) is 1.70. The van der Waals surface area contributed by atoms with E-state index in [1.807, 2.05) is 4.68 Å². The lowest BCUT2D eigenvalue weighted by atomic mass is 10.0. The molecule has 0 bridgehead atoms. The van der Waals surface area contributed by atoms with Gasteiger partial charge in [-0.05, 0) is 19.4 Å². The molecule has 1 N–H and O–H groups in total. The van der Waals surface area contributed by atoms with Gasteiger partial charge in [0.15, 0.2) is 0 Å². The molecule has 0 aliphatic carbocycles. The third-order valence-corrected chi connectivity index (χ3v) is 2.67. The first-order valence-electron chi connectivity index (χ1n) is 5.79. The topological polar surface area (TPSA) is 42.7 Å². The summed E-state index contributed by atoms with van der Waals surface area (Å²) in [7, 11) is 0. The van der Waals surface area contributed by atoms with Gasteiger partial charge in [0.25, 0.3) is 0 Å². The fourth-order valence-corrected chi connectivity index (χ4v) is 1.71. The second-order valence-corrected chi connectivity index (χ2v) is 4.10. The Balaban J connectivity index is 2.65. The summed E-state index contributed by atoms with van der Waals surface area (Å²) in [4.78, 5) is 4.30. The summed E-state index contributed by atoms with van der Waals surface area (Å²) >= 11 is 0. The smallest absolute Gasteiger partial charge is 0.138 e. The number of hydrogen-bond acceptors (Lipinski definition) is 3. The Kier molecular flexibility index (Phi) is 4.75. The van der Waals surface area contributed by atoms with Crippen molar-refractivity contribution in [3.63, 3.8) is 0 Å². The van der Waals surface area contributed by atoms with Crippen molar-refractivity contribution in [1.82, 2.24) is 20.1 Å². The van der Waals surface area contributed by atoms with Crippen LogP contribution in [0.5, 0.6) is 0 Å². The van der Waals surface area contributed by atoms with Crippen molar-refractivity contribution in [1.29, 1.82) is 0 Å². The van der Waals surface area contributed by atoms with Gasteiger partial charge in [-0.15, -0.1) is 0 Å². The average molecular weight is 210 g/mol. The first-order chi connectivity index (χ1) is 7.19.